The number of aryl methyl sites for hydroxylation is 1. The van der Waals surface area contributed by atoms with Crippen molar-refractivity contribution >= 4 is 18.7 Å². The fourth-order valence-corrected chi connectivity index (χ4v) is 2.30. The van der Waals surface area contributed by atoms with Crippen LogP contribution in [0, 0.1) is 0 Å². The summed E-state index contributed by atoms with van der Waals surface area (Å²) in [6.07, 6.45) is 6.03. The van der Waals surface area contributed by atoms with Crippen molar-refractivity contribution in [1.82, 2.24) is 0 Å². The molecule has 84 valence electrons. The van der Waals surface area contributed by atoms with Crippen molar-refractivity contribution in [3.63, 3.8) is 0 Å². The summed E-state index contributed by atoms with van der Waals surface area (Å²) in [7, 11) is -1.71. The van der Waals surface area contributed by atoms with Crippen molar-refractivity contribution in [3.05, 3.63) is 17.0 Å². The molecule has 0 atom stereocenters. The molecule has 0 aliphatic heterocycles. The molecule has 1 heterocycles. The van der Waals surface area contributed by atoms with E-state index in [9.17, 15) is 0 Å². The fourth-order valence-electron chi connectivity index (χ4n) is 1.39. The molecule has 0 radical (unpaired) electrons. The van der Waals surface area contributed by atoms with E-state index in [2.05, 4.69) is 6.92 Å². The average Bonchev–Trinajstić information content (AvgIpc) is 2.59. The molecule has 0 aliphatic carbocycles. The van der Waals surface area contributed by atoms with Gasteiger partial charge in [0.25, 0.3) is 0 Å². The first-order valence-corrected chi connectivity index (χ1v) is 6.15. The van der Waals surface area contributed by atoms with Gasteiger partial charge in [0.05, 0.1) is 0 Å². The minimum absolute atomic E-state index is 0.565. The monoisotopic (exact) mass is 228 g/mol. The third-order valence-corrected chi connectivity index (χ3v) is 3.17. The number of rotatable bonds is 7. The maximum atomic E-state index is 8.60. The van der Waals surface area contributed by atoms with Gasteiger partial charge in [-0.1, -0.05) is 26.2 Å². The molecule has 0 aromatic carbocycles. The highest BCUT2D eigenvalue weighted by molar-refractivity contribution is 7.14. The number of hydrogen-bond donors (Lipinski definition) is 2. The van der Waals surface area contributed by atoms with Crippen LogP contribution in [0.3, 0.4) is 0 Å². The van der Waals surface area contributed by atoms with E-state index in [4.69, 9.17) is 14.7 Å². The standard InChI is InChI=1S/C10H17BO3S/c1-2-3-4-5-6-9-7-8-10(15-9)14-11(12)13/h7-8,12-13H,2-6H2,1H3. The van der Waals surface area contributed by atoms with Crippen molar-refractivity contribution < 1.29 is 14.7 Å². The second-order valence-electron chi connectivity index (χ2n) is 3.48. The van der Waals surface area contributed by atoms with Gasteiger partial charge < -0.3 is 14.7 Å². The molecular formula is C10H17BO3S. The molecule has 2 N–H and O–H groups in total. The normalized spacial score (nSPS) is 10.3. The summed E-state index contributed by atoms with van der Waals surface area (Å²) in [6, 6.07) is 3.76. The van der Waals surface area contributed by atoms with Gasteiger partial charge in [0.2, 0.25) is 0 Å². The third-order valence-electron chi connectivity index (χ3n) is 2.14. The molecule has 0 unspecified atom stereocenters. The molecule has 0 fully saturated rings. The van der Waals surface area contributed by atoms with E-state index in [-0.39, 0.29) is 0 Å². The summed E-state index contributed by atoms with van der Waals surface area (Å²) in [4.78, 5) is 1.24. The van der Waals surface area contributed by atoms with Crippen molar-refractivity contribution in [1.29, 1.82) is 0 Å². The van der Waals surface area contributed by atoms with E-state index in [0.29, 0.717) is 5.06 Å². The SMILES string of the molecule is CCCCCCc1ccc(OB(O)O)s1. The lowest BCUT2D eigenvalue weighted by molar-refractivity contribution is 0.292. The molecule has 0 spiro atoms. The summed E-state index contributed by atoms with van der Waals surface area (Å²) in [5.41, 5.74) is 0. The molecule has 1 rings (SSSR count). The van der Waals surface area contributed by atoms with Gasteiger partial charge >= 0.3 is 7.32 Å². The van der Waals surface area contributed by atoms with Gasteiger partial charge in [-0.2, -0.15) is 0 Å². The fraction of sp³-hybridized carbons (Fsp3) is 0.600. The molecular weight excluding hydrogens is 211 g/mol. The Hall–Kier alpha value is -0.515. The molecule has 1 aromatic heterocycles. The smallest absolute Gasteiger partial charge is 0.504 e. The molecule has 5 heteroatoms. The quantitative estimate of drug-likeness (QED) is 0.555. The van der Waals surface area contributed by atoms with Crippen molar-refractivity contribution in [2.75, 3.05) is 0 Å². The molecule has 0 bridgehead atoms. The number of thiophene rings is 1. The molecule has 0 aliphatic rings. The van der Waals surface area contributed by atoms with Crippen LogP contribution in [0.15, 0.2) is 12.1 Å². The first-order chi connectivity index (χ1) is 7.22. The zero-order chi connectivity index (χ0) is 11.1. The summed E-state index contributed by atoms with van der Waals surface area (Å²) in [6.45, 7) is 2.19. The van der Waals surface area contributed by atoms with Gasteiger partial charge in [-0.15, -0.1) is 11.3 Å². The minimum Gasteiger partial charge on any atom is -0.504 e. The Balaban J connectivity index is 2.26. The predicted molar refractivity (Wildman–Crippen MR) is 63.0 cm³/mol. The largest absolute Gasteiger partial charge is 0.708 e. The maximum absolute atomic E-state index is 8.60. The Labute approximate surface area is 94.9 Å². The third kappa shape index (κ3) is 5.21. The summed E-state index contributed by atoms with van der Waals surface area (Å²) >= 11 is 1.48. The lowest BCUT2D eigenvalue weighted by Gasteiger charge is -1.99. The Morgan fingerprint density at radius 2 is 2.07 bits per heavy atom. The highest BCUT2D eigenvalue weighted by Crippen LogP contribution is 2.25. The van der Waals surface area contributed by atoms with Gasteiger partial charge in [0.1, 0.15) is 0 Å². The van der Waals surface area contributed by atoms with Gasteiger partial charge in [-0.05, 0) is 25.0 Å². The Morgan fingerprint density at radius 3 is 2.73 bits per heavy atom. The van der Waals surface area contributed by atoms with Gasteiger partial charge in [0.15, 0.2) is 5.06 Å². The second kappa shape index (κ2) is 6.88. The van der Waals surface area contributed by atoms with Gasteiger partial charge in [0, 0.05) is 4.88 Å². The number of hydrogen-bond acceptors (Lipinski definition) is 4. The molecule has 3 nitrogen and oxygen atoms in total. The van der Waals surface area contributed by atoms with Crippen LogP contribution < -0.4 is 4.65 Å². The Bertz CT molecular complexity index is 275. The second-order valence-corrected chi connectivity index (χ2v) is 4.61. The topological polar surface area (TPSA) is 49.7 Å². The van der Waals surface area contributed by atoms with Crippen LogP contribution in [0.2, 0.25) is 0 Å². The van der Waals surface area contributed by atoms with Gasteiger partial charge in [-0.3, -0.25) is 0 Å². The van der Waals surface area contributed by atoms with Crippen LogP contribution >= 0.6 is 11.3 Å². The lowest BCUT2D eigenvalue weighted by Crippen LogP contribution is -2.19. The van der Waals surface area contributed by atoms with E-state index >= 15 is 0 Å². The van der Waals surface area contributed by atoms with Crippen molar-refractivity contribution in [3.8, 4) is 5.06 Å². The summed E-state index contributed by atoms with van der Waals surface area (Å²) < 4.78 is 4.75. The Kier molecular flexibility index (Phi) is 5.75. The van der Waals surface area contributed by atoms with E-state index < -0.39 is 7.32 Å². The maximum Gasteiger partial charge on any atom is 0.708 e. The first-order valence-electron chi connectivity index (χ1n) is 5.34. The highest BCUT2D eigenvalue weighted by atomic mass is 32.1. The molecule has 0 amide bonds. The molecule has 0 saturated carbocycles. The number of unbranched alkanes of at least 4 members (excludes halogenated alkanes) is 3. The van der Waals surface area contributed by atoms with Crippen LogP contribution in [-0.4, -0.2) is 17.4 Å². The minimum atomic E-state index is -1.71. The van der Waals surface area contributed by atoms with Gasteiger partial charge in [-0.25, -0.2) is 0 Å². The predicted octanol–water partition coefficient (Wildman–Crippen LogP) is 2.22. The molecule has 15 heavy (non-hydrogen) atoms. The molecule has 0 saturated heterocycles. The summed E-state index contributed by atoms with van der Waals surface area (Å²) in [5.74, 6) is 0. The zero-order valence-electron chi connectivity index (χ0n) is 8.98. The van der Waals surface area contributed by atoms with Crippen LogP contribution in [0.1, 0.15) is 37.5 Å². The van der Waals surface area contributed by atoms with Crippen LogP contribution in [0.4, 0.5) is 0 Å². The van der Waals surface area contributed by atoms with E-state index in [1.54, 1.807) is 6.07 Å². The average molecular weight is 228 g/mol. The van der Waals surface area contributed by atoms with Crippen LogP contribution in [0.5, 0.6) is 5.06 Å². The molecule has 1 aromatic rings. The Morgan fingerprint density at radius 1 is 1.27 bits per heavy atom. The zero-order valence-corrected chi connectivity index (χ0v) is 9.80. The lowest BCUT2D eigenvalue weighted by atomic mass is 10.1. The highest BCUT2D eigenvalue weighted by Gasteiger charge is 2.12. The van der Waals surface area contributed by atoms with Crippen LogP contribution in [-0.2, 0) is 6.42 Å². The van der Waals surface area contributed by atoms with Crippen molar-refractivity contribution in [2.45, 2.75) is 39.0 Å². The first kappa shape index (κ1) is 12.6. The van der Waals surface area contributed by atoms with E-state index in [0.717, 1.165) is 6.42 Å². The summed E-state index contributed by atoms with van der Waals surface area (Å²) in [5, 5.41) is 17.8. The van der Waals surface area contributed by atoms with Crippen LogP contribution in [0.25, 0.3) is 0 Å². The van der Waals surface area contributed by atoms with E-state index in [1.165, 1.54) is 41.9 Å². The van der Waals surface area contributed by atoms with E-state index in [1.807, 2.05) is 6.07 Å². The van der Waals surface area contributed by atoms with Crippen molar-refractivity contribution in [2.24, 2.45) is 0 Å².